The van der Waals surface area contributed by atoms with Gasteiger partial charge in [0.05, 0.1) is 31.4 Å². The van der Waals surface area contributed by atoms with E-state index in [0.717, 1.165) is 29.5 Å². The van der Waals surface area contributed by atoms with E-state index in [2.05, 4.69) is 32.5 Å². The Morgan fingerprint density at radius 2 is 2.08 bits per heavy atom. The molecule has 3 rings (SSSR count). The lowest BCUT2D eigenvalue weighted by molar-refractivity contribution is -0.120. The molecule has 0 radical (unpaired) electrons. The molecule has 1 aromatic heterocycles. The number of nitrogens with zero attached hydrogens (tertiary/aromatic N) is 3. The number of ether oxygens (including phenoxy) is 1. The summed E-state index contributed by atoms with van der Waals surface area (Å²) in [6.45, 7) is 7.00. The zero-order valence-electron chi connectivity index (χ0n) is 15.1. The summed E-state index contributed by atoms with van der Waals surface area (Å²) in [5, 5.41) is 7.14. The van der Waals surface area contributed by atoms with Crippen LogP contribution in [0.25, 0.3) is 0 Å². The van der Waals surface area contributed by atoms with Crippen LogP contribution in [0.5, 0.6) is 0 Å². The minimum absolute atomic E-state index is 0.0301. The lowest BCUT2D eigenvalue weighted by Crippen LogP contribution is -2.42. The summed E-state index contributed by atoms with van der Waals surface area (Å²) in [5.41, 5.74) is 5.66. The van der Waals surface area contributed by atoms with Crippen LogP contribution in [-0.2, 0) is 16.0 Å². The number of carbonyl (C=O) groups is 1. The van der Waals surface area contributed by atoms with E-state index in [1.165, 1.54) is 16.9 Å². The molecule has 2 heterocycles. The maximum absolute atomic E-state index is 12.2. The molecule has 1 atom stereocenters. The number of aryl methyl sites for hydroxylation is 1. The largest absolute Gasteiger partial charge is 0.379 e. The standard InChI is InChI=1S/C19H24N4O2S/c1-14-13-26-18(20-14)12-17(24)22-21-15(2)19(16-6-4-3-5-7-16)23-8-10-25-11-9-23/h3-7,13,19H,8-12H2,1-2H3,(H,22,24)/b21-15-/t19-/m0/s1. The van der Waals surface area contributed by atoms with Crippen LogP contribution >= 0.6 is 11.3 Å². The highest BCUT2D eigenvalue weighted by Crippen LogP contribution is 2.23. The van der Waals surface area contributed by atoms with E-state index >= 15 is 0 Å². The third kappa shape index (κ3) is 4.97. The third-order valence-electron chi connectivity index (χ3n) is 4.26. The number of carbonyl (C=O) groups excluding carboxylic acids is 1. The molecular formula is C19H24N4O2S. The van der Waals surface area contributed by atoms with Gasteiger partial charge in [-0.25, -0.2) is 10.4 Å². The summed E-state index contributed by atoms with van der Waals surface area (Å²) in [4.78, 5) is 18.8. The van der Waals surface area contributed by atoms with Crippen molar-refractivity contribution in [2.24, 2.45) is 5.10 Å². The van der Waals surface area contributed by atoms with Gasteiger partial charge in [0, 0.05) is 24.2 Å². The number of hydrogen-bond donors (Lipinski definition) is 1. The summed E-state index contributed by atoms with van der Waals surface area (Å²) < 4.78 is 5.47. The quantitative estimate of drug-likeness (QED) is 0.625. The lowest BCUT2D eigenvalue weighted by atomic mass is 10.0. The van der Waals surface area contributed by atoms with E-state index < -0.39 is 0 Å². The number of aromatic nitrogens is 1. The topological polar surface area (TPSA) is 66.8 Å². The first-order chi connectivity index (χ1) is 12.6. The first kappa shape index (κ1) is 18.7. The van der Waals surface area contributed by atoms with E-state index in [0.29, 0.717) is 13.2 Å². The predicted molar refractivity (Wildman–Crippen MR) is 103 cm³/mol. The van der Waals surface area contributed by atoms with Gasteiger partial charge in [0.2, 0.25) is 5.91 Å². The molecule has 1 amide bonds. The Morgan fingerprint density at radius 3 is 2.73 bits per heavy atom. The van der Waals surface area contributed by atoms with E-state index in [1.54, 1.807) is 0 Å². The van der Waals surface area contributed by atoms with Gasteiger partial charge in [-0.15, -0.1) is 11.3 Å². The van der Waals surface area contributed by atoms with Crippen LogP contribution in [-0.4, -0.2) is 47.8 Å². The highest BCUT2D eigenvalue weighted by atomic mass is 32.1. The zero-order chi connectivity index (χ0) is 18.4. The number of morpholine rings is 1. The molecule has 1 fully saturated rings. The van der Waals surface area contributed by atoms with Gasteiger partial charge in [0.15, 0.2) is 0 Å². The van der Waals surface area contributed by atoms with Crippen molar-refractivity contribution in [2.75, 3.05) is 26.3 Å². The summed E-state index contributed by atoms with van der Waals surface area (Å²) >= 11 is 1.50. The number of benzene rings is 1. The molecule has 0 unspecified atom stereocenters. The van der Waals surface area contributed by atoms with Crippen LogP contribution in [0.2, 0.25) is 0 Å². The molecule has 26 heavy (non-hydrogen) atoms. The lowest BCUT2D eigenvalue weighted by Gasteiger charge is -2.34. The van der Waals surface area contributed by atoms with Crippen LogP contribution in [0.4, 0.5) is 0 Å². The van der Waals surface area contributed by atoms with E-state index in [1.807, 2.05) is 37.4 Å². The molecule has 0 spiro atoms. The Bertz CT molecular complexity index is 754. The molecular weight excluding hydrogens is 348 g/mol. The molecule has 7 heteroatoms. The summed E-state index contributed by atoms with van der Waals surface area (Å²) in [7, 11) is 0. The van der Waals surface area contributed by atoms with Crippen molar-refractivity contribution < 1.29 is 9.53 Å². The van der Waals surface area contributed by atoms with Gasteiger partial charge in [-0.05, 0) is 19.4 Å². The minimum atomic E-state index is -0.146. The van der Waals surface area contributed by atoms with Gasteiger partial charge in [0.1, 0.15) is 5.01 Å². The molecule has 1 aromatic carbocycles. The van der Waals surface area contributed by atoms with Gasteiger partial charge in [-0.1, -0.05) is 30.3 Å². The van der Waals surface area contributed by atoms with Crippen molar-refractivity contribution >= 4 is 23.0 Å². The Labute approximate surface area is 157 Å². The van der Waals surface area contributed by atoms with Crippen molar-refractivity contribution in [1.82, 2.24) is 15.3 Å². The maximum atomic E-state index is 12.2. The molecule has 1 saturated heterocycles. The SMILES string of the molecule is C/C(=N/NC(=O)Cc1nc(C)cs1)[C@@H](c1ccccc1)N1CCOCC1. The molecule has 2 aromatic rings. The maximum Gasteiger partial charge on any atom is 0.246 e. The smallest absolute Gasteiger partial charge is 0.246 e. The van der Waals surface area contributed by atoms with Gasteiger partial charge in [-0.3, -0.25) is 9.69 Å². The number of nitrogens with one attached hydrogen (secondary N) is 1. The molecule has 1 aliphatic heterocycles. The van der Waals surface area contributed by atoms with Crippen molar-refractivity contribution in [1.29, 1.82) is 0 Å². The Kier molecular flexibility index (Phi) is 6.49. The second-order valence-electron chi connectivity index (χ2n) is 6.31. The van der Waals surface area contributed by atoms with Crippen LogP contribution in [0, 0.1) is 6.92 Å². The van der Waals surface area contributed by atoms with Crippen molar-refractivity contribution in [3.8, 4) is 0 Å². The Balaban J connectivity index is 1.70. The highest BCUT2D eigenvalue weighted by Gasteiger charge is 2.25. The number of thiazole rings is 1. The molecule has 0 bridgehead atoms. The van der Waals surface area contributed by atoms with Gasteiger partial charge < -0.3 is 4.74 Å². The van der Waals surface area contributed by atoms with Crippen LogP contribution < -0.4 is 5.43 Å². The third-order valence-corrected chi connectivity index (χ3v) is 5.22. The second kappa shape index (κ2) is 9.02. The summed E-state index contributed by atoms with van der Waals surface area (Å²) in [6, 6.07) is 10.3. The van der Waals surface area contributed by atoms with E-state index in [9.17, 15) is 4.79 Å². The van der Waals surface area contributed by atoms with Crippen LogP contribution in [0.3, 0.4) is 0 Å². The van der Waals surface area contributed by atoms with E-state index in [4.69, 9.17) is 4.74 Å². The van der Waals surface area contributed by atoms with E-state index in [-0.39, 0.29) is 18.4 Å². The molecule has 6 nitrogen and oxygen atoms in total. The minimum Gasteiger partial charge on any atom is -0.379 e. The normalized spacial score (nSPS) is 17.1. The van der Waals surface area contributed by atoms with Gasteiger partial charge >= 0.3 is 0 Å². The summed E-state index contributed by atoms with van der Waals surface area (Å²) in [6.07, 6.45) is 0.253. The number of hydrazone groups is 1. The van der Waals surface area contributed by atoms with Crippen molar-refractivity contribution in [3.63, 3.8) is 0 Å². The number of amides is 1. The van der Waals surface area contributed by atoms with Crippen LogP contribution in [0.1, 0.15) is 29.2 Å². The molecule has 1 aliphatic rings. The second-order valence-corrected chi connectivity index (χ2v) is 7.25. The Hall–Kier alpha value is -2.09. The fraction of sp³-hybridized carbons (Fsp3) is 0.421. The fourth-order valence-electron chi connectivity index (χ4n) is 3.06. The Morgan fingerprint density at radius 1 is 1.35 bits per heavy atom. The first-order valence-corrected chi connectivity index (χ1v) is 9.62. The highest BCUT2D eigenvalue weighted by molar-refractivity contribution is 7.09. The number of hydrogen-bond acceptors (Lipinski definition) is 6. The first-order valence-electron chi connectivity index (χ1n) is 8.74. The molecule has 0 aliphatic carbocycles. The summed E-state index contributed by atoms with van der Waals surface area (Å²) in [5.74, 6) is -0.146. The average Bonchev–Trinajstić information content (AvgIpc) is 3.07. The predicted octanol–water partition coefficient (Wildman–Crippen LogP) is 2.56. The van der Waals surface area contributed by atoms with Gasteiger partial charge in [0.25, 0.3) is 0 Å². The average molecular weight is 372 g/mol. The van der Waals surface area contributed by atoms with Crippen molar-refractivity contribution in [3.05, 3.63) is 52.0 Å². The fourth-order valence-corrected chi connectivity index (χ4v) is 3.83. The van der Waals surface area contributed by atoms with Crippen molar-refractivity contribution in [2.45, 2.75) is 26.3 Å². The molecule has 1 N–H and O–H groups in total. The number of rotatable bonds is 6. The monoisotopic (exact) mass is 372 g/mol. The van der Waals surface area contributed by atoms with Crippen LogP contribution in [0.15, 0.2) is 40.8 Å². The molecule has 0 saturated carbocycles. The molecule has 138 valence electrons. The van der Waals surface area contributed by atoms with Gasteiger partial charge in [-0.2, -0.15) is 5.10 Å². The zero-order valence-corrected chi connectivity index (χ0v) is 16.0.